The molecule has 1 saturated heterocycles. The maximum absolute atomic E-state index is 5.58. The Morgan fingerprint density at radius 3 is 2.56 bits per heavy atom. The van der Waals surface area contributed by atoms with E-state index in [0.717, 1.165) is 45.6 Å². The van der Waals surface area contributed by atoms with Crippen molar-refractivity contribution in [3.05, 3.63) is 0 Å². The SMILES string of the molecule is CC(C)CN(CCC(N)=S)C1CCOCC1. The molecule has 2 N–H and O–H groups in total. The highest BCUT2D eigenvalue weighted by atomic mass is 32.1. The number of ether oxygens (including phenoxy) is 1. The molecule has 1 rings (SSSR count). The molecular weight excluding hydrogens is 220 g/mol. The lowest BCUT2D eigenvalue weighted by Gasteiger charge is -2.35. The van der Waals surface area contributed by atoms with Crippen LogP contribution in [0, 0.1) is 5.92 Å². The van der Waals surface area contributed by atoms with E-state index in [2.05, 4.69) is 18.7 Å². The summed E-state index contributed by atoms with van der Waals surface area (Å²) in [5, 5.41) is 0. The van der Waals surface area contributed by atoms with Crippen LogP contribution >= 0.6 is 12.2 Å². The van der Waals surface area contributed by atoms with Gasteiger partial charge < -0.3 is 10.5 Å². The van der Waals surface area contributed by atoms with E-state index in [1.807, 2.05) is 0 Å². The number of rotatable bonds is 6. The van der Waals surface area contributed by atoms with Crippen LogP contribution in [0.3, 0.4) is 0 Å². The van der Waals surface area contributed by atoms with Gasteiger partial charge in [0.05, 0.1) is 4.99 Å². The van der Waals surface area contributed by atoms with Gasteiger partial charge >= 0.3 is 0 Å². The summed E-state index contributed by atoms with van der Waals surface area (Å²) in [5.74, 6) is 0.689. The van der Waals surface area contributed by atoms with Gasteiger partial charge in [-0.25, -0.2) is 0 Å². The number of hydrogen-bond donors (Lipinski definition) is 1. The van der Waals surface area contributed by atoms with Crippen LogP contribution in [0.2, 0.25) is 0 Å². The number of nitrogens with two attached hydrogens (primary N) is 1. The lowest BCUT2D eigenvalue weighted by atomic mass is 10.0. The first-order chi connectivity index (χ1) is 7.59. The molecule has 0 radical (unpaired) electrons. The average Bonchev–Trinajstić information content (AvgIpc) is 2.25. The van der Waals surface area contributed by atoms with Crippen LogP contribution in [-0.4, -0.2) is 42.2 Å². The summed E-state index contributed by atoms with van der Waals surface area (Å²) in [7, 11) is 0. The summed E-state index contributed by atoms with van der Waals surface area (Å²) in [6.07, 6.45) is 3.12. The summed E-state index contributed by atoms with van der Waals surface area (Å²) in [6, 6.07) is 0.658. The fourth-order valence-electron chi connectivity index (χ4n) is 2.20. The van der Waals surface area contributed by atoms with Gasteiger partial charge in [0.15, 0.2) is 0 Å². The van der Waals surface area contributed by atoms with Gasteiger partial charge in [-0.3, -0.25) is 4.90 Å². The van der Waals surface area contributed by atoms with E-state index in [-0.39, 0.29) is 0 Å². The van der Waals surface area contributed by atoms with Gasteiger partial charge in [-0.1, -0.05) is 26.1 Å². The first-order valence-electron chi connectivity index (χ1n) is 6.19. The van der Waals surface area contributed by atoms with Crippen molar-refractivity contribution in [2.45, 2.75) is 39.2 Å². The van der Waals surface area contributed by atoms with Gasteiger partial charge in [0.2, 0.25) is 0 Å². The third-order valence-corrected chi connectivity index (χ3v) is 3.16. The minimum atomic E-state index is 0.626. The highest BCUT2D eigenvalue weighted by molar-refractivity contribution is 7.80. The van der Waals surface area contributed by atoms with Gasteiger partial charge in [-0.2, -0.15) is 0 Å². The summed E-state index contributed by atoms with van der Waals surface area (Å²) < 4.78 is 5.40. The van der Waals surface area contributed by atoms with Gasteiger partial charge in [0.1, 0.15) is 0 Å². The quantitative estimate of drug-likeness (QED) is 0.723. The average molecular weight is 244 g/mol. The minimum Gasteiger partial charge on any atom is -0.393 e. The third kappa shape index (κ3) is 5.23. The molecule has 0 amide bonds. The molecule has 0 bridgehead atoms. The Balaban J connectivity index is 2.43. The molecule has 1 aliphatic heterocycles. The maximum Gasteiger partial charge on any atom is 0.0740 e. The van der Waals surface area contributed by atoms with Crippen molar-refractivity contribution >= 4 is 17.2 Å². The highest BCUT2D eigenvalue weighted by Gasteiger charge is 2.21. The molecule has 0 saturated carbocycles. The van der Waals surface area contributed by atoms with Crippen LogP contribution in [0.1, 0.15) is 33.1 Å². The second-order valence-corrected chi connectivity index (χ2v) is 5.47. The molecule has 0 unspecified atom stereocenters. The zero-order chi connectivity index (χ0) is 12.0. The van der Waals surface area contributed by atoms with Crippen molar-refractivity contribution in [1.82, 2.24) is 4.90 Å². The smallest absolute Gasteiger partial charge is 0.0740 e. The first-order valence-corrected chi connectivity index (χ1v) is 6.60. The van der Waals surface area contributed by atoms with Crippen molar-refractivity contribution in [3.63, 3.8) is 0 Å². The van der Waals surface area contributed by atoms with Crippen LogP contribution in [0.4, 0.5) is 0 Å². The van der Waals surface area contributed by atoms with Crippen molar-refractivity contribution in [3.8, 4) is 0 Å². The Morgan fingerprint density at radius 1 is 1.44 bits per heavy atom. The molecule has 0 aromatic carbocycles. The van der Waals surface area contributed by atoms with Crippen LogP contribution in [0.25, 0.3) is 0 Å². The van der Waals surface area contributed by atoms with E-state index in [9.17, 15) is 0 Å². The zero-order valence-corrected chi connectivity index (χ0v) is 11.3. The minimum absolute atomic E-state index is 0.626. The Labute approximate surface area is 104 Å². The molecule has 0 atom stereocenters. The monoisotopic (exact) mass is 244 g/mol. The molecule has 0 aromatic rings. The Hall–Kier alpha value is -0.190. The Kier molecular flexibility index (Phi) is 6.24. The predicted molar refractivity (Wildman–Crippen MR) is 71.7 cm³/mol. The van der Waals surface area contributed by atoms with Crippen LogP contribution in [-0.2, 0) is 4.74 Å². The summed E-state index contributed by atoms with van der Waals surface area (Å²) in [6.45, 7) is 8.43. The van der Waals surface area contributed by atoms with Crippen molar-refractivity contribution in [2.24, 2.45) is 11.7 Å². The molecule has 0 spiro atoms. The summed E-state index contributed by atoms with van der Waals surface area (Å²) in [4.78, 5) is 3.16. The van der Waals surface area contributed by atoms with Crippen LogP contribution in [0.5, 0.6) is 0 Å². The molecule has 16 heavy (non-hydrogen) atoms. The lowest BCUT2D eigenvalue weighted by molar-refractivity contribution is 0.0309. The fourth-order valence-corrected chi connectivity index (χ4v) is 2.29. The summed E-state index contributed by atoms with van der Waals surface area (Å²) in [5.41, 5.74) is 5.58. The standard InChI is InChI=1S/C12H24N2OS/c1-10(2)9-14(6-3-12(13)16)11-4-7-15-8-5-11/h10-11H,3-9H2,1-2H3,(H2,13,16). The van der Waals surface area contributed by atoms with E-state index in [4.69, 9.17) is 22.7 Å². The number of nitrogens with zero attached hydrogens (tertiary/aromatic N) is 1. The van der Waals surface area contributed by atoms with Gasteiger partial charge in [-0.05, 0) is 18.8 Å². The lowest BCUT2D eigenvalue weighted by Crippen LogP contribution is -2.42. The molecule has 0 aromatic heterocycles. The van der Waals surface area contributed by atoms with E-state index >= 15 is 0 Å². The van der Waals surface area contributed by atoms with E-state index < -0.39 is 0 Å². The number of thiocarbonyl (C=S) groups is 1. The molecule has 1 aliphatic rings. The predicted octanol–water partition coefficient (Wildman–Crippen LogP) is 1.80. The molecule has 1 fully saturated rings. The van der Waals surface area contributed by atoms with Gasteiger partial charge in [0.25, 0.3) is 0 Å². The molecule has 3 nitrogen and oxygen atoms in total. The second-order valence-electron chi connectivity index (χ2n) is 4.95. The highest BCUT2D eigenvalue weighted by Crippen LogP contribution is 2.16. The van der Waals surface area contributed by atoms with Crippen LogP contribution < -0.4 is 5.73 Å². The third-order valence-electron chi connectivity index (χ3n) is 2.95. The van der Waals surface area contributed by atoms with Crippen molar-refractivity contribution in [1.29, 1.82) is 0 Å². The molecule has 4 heteroatoms. The molecule has 1 heterocycles. The summed E-state index contributed by atoms with van der Waals surface area (Å²) >= 11 is 4.96. The largest absolute Gasteiger partial charge is 0.393 e. The number of hydrogen-bond acceptors (Lipinski definition) is 3. The Morgan fingerprint density at radius 2 is 2.06 bits per heavy atom. The van der Waals surface area contributed by atoms with Crippen LogP contribution in [0.15, 0.2) is 0 Å². The zero-order valence-electron chi connectivity index (χ0n) is 10.4. The molecule has 0 aliphatic carbocycles. The van der Waals surface area contributed by atoms with E-state index in [1.54, 1.807) is 0 Å². The second kappa shape index (κ2) is 7.20. The van der Waals surface area contributed by atoms with Crippen molar-refractivity contribution < 1.29 is 4.74 Å². The Bertz CT molecular complexity index is 215. The normalized spacial score (nSPS) is 18.2. The van der Waals surface area contributed by atoms with Gasteiger partial charge in [0, 0.05) is 38.8 Å². The first kappa shape index (κ1) is 13.9. The van der Waals surface area contributed by atoms with Gasteiger partial charge in [-0.15, -0.1) is 0 Å². The molecule has 94 valence electrons. The van der Waals surface area contributed by atoms with E-state index in [0.29, 0.717) is 16.9 Å². The maximum atomic E-state index is 5.58. The fraction of sp³-hybridized carbons (Fsp3) is 0.917. The molecular formula is C12H24N2OS. The topological polar surface area (TPSA) is 38.5 Å². The van der Waals surface area contributed by atoms with Crippen molar-refractivity contribution in [2.75, 3.05) is 26.3 Å². The van der Waals surface area contributed by atoms with E-state index in [1.165, 1.54) is 0 Å².